The molecule has 0 heterocycles. The Morgan fingerprint density at radius 2 is 1.79 bits per heavy atom. The van der Waals surface area contributed by atoms with Gasteiger partial charge in [-0.25, -0.2) is 17.5 Å². The standard InChI is InChI=1S/C21H24N2O5S/c1-14-7-10-18(12-19(14)29(26,27)23(2)3)22-20(24)13-28-21(25)17-9-8-15-5-4-6-16(15)11-17/h7-12H,4-6,13H2,1-3H3,(H,22,24). The predicted molar refractivity (Wildman–Crippen MR) is 109 cm³/mol. The quantitative estimate of drug-likeness (QED) is 0.731. The molecule has 0 radical (unpaired) electrons. The van der Waals surface area contributed by atoms with Gasteiger partial charge in [-0.05, 0) is 67.1 Å². The molecule has 1 amide bonds. The normalized spacial score (nSPS) is 13.2. The highest BCUT2D eigenvalue weighted by atomic mass is 32.2. The van der Waals surface area contributed by atoms with Crippen molar-refractivity contribution < 1.29 is 22.7 Å². The third-order valence-electron chi connectivity index (χ3n) is 4.90. The van der Waals surface area contributed by atoms with Crippen molar-refractivity contribution in [2.45, 2.75) is 31.1 Å². The second-order valence-electron chi connectivity index (χ2n) is 7.23. The molecule has 0 bridgehead atoms. The lowest BCUT2D eigenvalue weighted by Crippen LogP contribution is -2.24. The third kappa shape index (κ3) is 4.65. The first-order chi connectivity index (χ1) is 13.7. The topological polar surface area (TPSA) is 92.8 Å². The number of hydrogen-bond donors (Lipinski definition) is 1. The predicted octanol–water partition coefficient (Wildman–Crippen LogP) is 2.53. The minimum Gasteiger partial charge on any atom is -0.452 e. The molecule has 1 aliphatic rings. The van der Waals surface area contributed by atoms with Crippen molar-refractivity contribution in [1.29, 1.82) is 0 Å². The van der Waals surface area contributed by atoms with Crippen molar-refractivity contribution in [2.24, 2.45) is 0 Å². The SMILES string of the molecule is Cc1ccc(NC(=O)COC(=O)c2ccc3c(c2)CCC3)cc1S(=O)(=O)N(C)C. The van der Waals surface area contributed by atoms with Gasteiger partial charge in [0.05, 0.1) is 10.5 Å². The van der Waals surface area contributed by atoms with Crippen LogP contribution in [0.3, 0.4) is 0 Å². The van der Waals surface area contributed by atoms with E-state index in [2.05, 4.69) is 5.32 Å². The Kier molecular flexibility index (Phi) is 6.04. The summed E-state index contributed by atoms with van der Waals surface area (Å²) in [7, 11) is -0.750. The van der Waals surface area contributed by atoms with E-state index in [0.717, 1.165) is 29.1 Å². The zero-order valence-corrected chi connectivity index (χ0v) is 17.5. The number of amides is 1. The van der Waals surface area contributed by atoms with Gasteiger partial charge < -0.3 is 10.1 Å². The molecule has 0 fully saturated rings. The van der Waals surface area contributed by atoms with E-state index in [4.69, 9.17) is 4.74 Å². The number of anilines is 1. The van der Waals surface area contributed by atoms with E-state index in [1.807, 2.05) is 12.1 Å². The highest BCUT2D eigenvalue weighted by Crippen LogP contribution is 2.24. The average Bonchev–Trinajstić information content (AvgIpc) is 3.15. The molecule has 2 aromatic rings. The summed E-state index contributed by atoms with van der Waals surface area (Å²) in [5.41, 5.74) is 3.71. The molecule has 7 nitrogen and oxygen atoms in total. The number of nitrogens with zero attached hydrogens (tertiary/aromatic N) is 1. The fourth-order valence-corrected chi connectivity index (χ4v) is 4.41. The molecule has 0 atom stereocenters. The van der Waals surface area contributed by atoms with Crippen LogP contribution < -0.4 is 5.32 Å². The van der Waals surface area contributed by atoms with Gasteiger partial charge >= 0.3 is 5.97 Å². The first kappa shape index (κ1) is 21.0. The van der Waals surface area contributed by atoms with Crippen LogP contribution >= 0.6 is 0 Å². The van der Waals surface area contributed by atoms with Gasteiger partial charge in [-0.2, -0.15) is 0 Å². The lowest BCUT2D eigenvalue weighted by Gasteiger charge is -2.15. The summed E-state index contributed by atoms with van der Waals surface area (Å²) < 4.78 is 31.0. The van der Waals surface area contributed by atoms with Crippen LogP contribution in [0.2, 0.25) is 0 Å². The molecular weight excluding hydrogens is 392 g/mol. The molecule has 1 N–H and O–H groups in total. The first-order valence-corrected chi connectivity index (χ1v) is 10.7. The Balaban J connectivity index is 1.63. The fourth-order valence-electron chi connectivity index (χ4n) is 3.26. The van der Waals surface area contributed by atoms with E-state index < -0.39 is 28.5 Å². The number of hydrogen-bond acceptors (Lipinski definition) is 5. The van der Waals surface area contributed by atoms with Gasteiger partial charge in [0, 0.05) is 19.8 Å². The van der Waals surface area contributed by atoms with Crippen molar-refractivity contribution in [3.8, 4) is 0 Å². The van der Waals surface area contributed by atoms with Crippen molar-refractivity contribution in [3.05, 3.63) is 58.7 Å². The number of ether oxygens (including phenoxy) is 1. The molecule has 0 spiro atoms. The molecule has 0 saturated heterocycles. The highest BCUT2D eigenvalue weighted by Gasteiger charge is 2.21. The van der Waals surface area contributed by atoms with E-state index in [-0.39, 0.29) is 4.90 Å². The van der Waals surface area contributed by atoms with Crippen molar-refractivity contribution in [1.82, 2.24) is 4.31 Å². The van der Waals surface area contributed by atoms with Crippen molar-refractivity contribution in [3.63, 3.8) is 0 Å². The second kappa shape index (κ2) is 8.34. The van der Waals surface area contributed by atoms with Crippen LogP contribution in [-0.4, -0.2) is 45.3 Å². The summed E-state index contributed by atoms with van der Waals surface area (Å²) in [5.74, 6) is -1.11. The maximum absolute atomic E-state index is 12.4. The summed E-state index contributed by atoms with van der Waals surface area (Å²) in [4.78, 5) is 24.5. The fraction of sp³-hybridized carbons (Fsp3) is 0.333. The van der Waals surface area contributed by atoms with Gasteiger partial charge in [0.1, 0.15) is 0 Å². The number of fused-ring (bicyclic) bond motifs is 1. The Morgan fingerprint density at radius 1 is 1.07 bits per heavy atom. The molecule has 8 heteroatoms. The zero-order chi connectivity index (χ0) is 21.2. The second-order valence-corrected chi connectivity index (χ2v) is 9.35. The number of sulfonamides is 1. The molecule has 0 unspecified atom stereocenters. The van der Waals surface area contributed by atoms with Crippen molar-refractivity contribution >= 4 is 27.6 Å². The smallest absolute Gasteiger partial charge is 0.338 e. The van der Waals surface area contributed by atoms with Crippen LogP contribution in [0, 0.1) is 6.92 Å². The number of carbonyl (C=O) groups is 2. The molecule has 0 aromatic heterocycles. The largest absolute Gasteiger partial charge is 0.452 e. The first-order valence-electron chi connectivity index (χ1n) is 9.30. The average molecular weight is 416 g/mol. The van der Waals surface area contributed by atoms with Gasteiger partial charge in [-0.15, -0.1) is 0 Å². The van der Waals surface area contributed by atoms with E-state index in [1.54, 1.807) is 25.1 Å². The summed E-state index contributed by atoms with van der Waals surface area (Å²) in [5, 5.41) is 2.57. The summed E-state index contributed by atoms with van der Waals surface area (Å²) in [6.45, 7) is 1.22. The van der Waals surface area contributed by atoms with Gasteiger partial charge in [0.2, 0.25) is 10.0 Å². The summed E-state index contributed by atoms with van der Waals surface area (Å²) in [6.07, 6.45) is 3.05. The summed E-state index contributed by atoms with van der Waals surface area (Å²) in [6, 6.07) is 10.1. The van der Waals surface area contributed by atoms with Gasteiger partial charge in [0.25, 0.3) is 5.91 Å². The molecule has 1 aliphatic carbocycles. The molecule has 2 aromatic carbocycles. The van der Waals surface area contributed by atoms with E-state index in [0.29, 0.717) is 16.8 Å². The van der Waals surface area contributed by atoms with Crippen molar-refractivity contribution in [2.75, 3.05) is 26.0 Å². The maximum Gasteiger partial charge on any atom is 0.338 e. The van der Waals surface area contributed by atoms with Crippen LogP contribution in [0.5, 0.6) is 0 Å². The van der Waals surface area contributed by atoms with Gasteiger partial charge in [-0.3, -0.25) is 4.79 Å². The Morgan fingerprint density at radius 3 is 2.52 bits per heavy atom. The minimum absolute atomic E-state index is 0.107. The Hall–Kier alpha value is -2.71. The van der Waals surface area contributed by atoms with Crippen LogP contribution in [0.1, 0.15) is 33.5 Å². The van der Waals surface area contributed by atoms with E-state index >= 15 is 0 Å². The molecule has 0 aliphatic heterocycles. The molecule has 0 saturated carbocycles. The van der Waals surface area contributed by atoms with E-state index in [9.17, 15) is 18.0 Å². The number of nitrogens with one attached hydrogen (secondary N) is 1. The number of carbonyl (C=O) groups excluding carboxylic acids is 2. The van der Waals surface area contributed by atoms with E-state index in [1.165, 1.54) is 25.7 Å². The lowest BCUT2D eigenvalue weighted by molar-refractivity contribution is -0.119. The number of esters is 1. The van der Waals surface area contributed by atoms with Crippen LogP contribution in [-0.2, 0) is 32.4 Å². The Labute approximate surface area is 170 Å². The number of rotatable bonds is 6. The van der Waals surface area contributed by atoms with Gasteiger partial charge in [-0.1, -0.05) is 12.1 Å². The molecule has 29 heavy (non-hydrogen) atoms. The van der Waals surface area contributed by atoms with Gasteiger partial charge in [0.15, 0.2) is 6.61 Å². The molecule has 154 valence electrons. The monoisotopic (exact) mass is 416 g/mol. The number of benzene rings is 2. The molecule has 3 rings (SSSR count). The maximum atomic E-state index is 12.4. The summed E-state index contributed by atoms with van der Waals surface area (Å²) >= 11 is 0. The highest BCUT2D eigenvalue weighted by molar-refractivity contribution is 7.89. The number of aryl methyl sites for hydroxylation is 3. The zero-order valence-electron chi connectivity index (χ0n) is 16.7. The minimum atomic E-state index is -3.64. The Bertz CT molecular complexity index is 1060. The third-order valence-corrected chi connectivity index (χ3v) is 6.86. The van der Waals surface area contributed by atoms with Crippen LogP contribution in [0.4, 0.5) is 5.69 Å². The van der Waals surface area contributed by atoms with Crippen LogP contribution in [0.15, 0.2) is 41.3 Å². The lowest BCUT2D eigenvalue weighted by atomic mass is 10.1. The molecular formula is C21H24N2O5S. The van der Waals surface area contributed by atoms with Crippen LogP contribution in [0.25, 0.3) is 0 Å².